The van der Waals surface area contributed by atoms with Crippen LogP contribution in [0.1, 0.15) is 39.0 Å². The summed E-state index contributed by atoms with van der Waals surface area (Å²) in [5, 5.41) is 6.58. The predicted molar refractivity (Wildman–Crippen MR) is 86.4 cm³/mol. The molecule has 0 saturated carbocycles. The average Bonchev–Trinajstić information content (AvgIpc) is 2.74. The molecule has 122 valence electrons. The molecule has 0 radical (unpaired) electrons. The molecule has 2 aliphatic heterocycles. The quantitative estimate of drug-likeness (QED) is 0.782. The molecule has 1 unspecified atom stereocenters. The van der Waals surface area contributed by atoms with Crippen molar-refractivity contribution in [2.75, 3.05) is 46.3 Å². The van der Waals surface area contributed by atoms with Gasteiger partial charge in [-0.2, -0.15) is 0 Å². The summed E-state index contributed by atoms with van der Waals surface area (Å²) >= 11 is 0. The second-order valence-corrected chi connectivity index (χ2v) is 6.45. The SMILES string of the molecule is CCN1CCCC(NC2CCN(CC(=O)NC)CC2)CC1. The Balaban J connectivity index is 1.67. The number of rotatable bonds is 5. The van der Waals surface area contributed by atoms with E-state index in [1.807, 2.05) is 0 Å². The number of nitrogens with zero attached hydrogens (tertiary/aromatic N) is 2. The summed E-state index contributed by atoms with van der Waals surface area (Å²) in [5.41, 5.74) is 0. The van der Waals surface area contributed by atoms with Gasteiger partial charge in [-0.25, -0.2) is 0 Å². The van der Waals surface area contributed by atoms with Gasteiger partial charge in [-0.15, -0.1) is 0 Å². The van der Waals surface area contributed by atoms with Gasteiger partial charge in [0.25, 0.3) is 0 Å². The Morgan fingerprint density at radius 3 is 2.24 bits per heavy atom. The fourth-order valence-electron chi connectivity index (χ4n) is 3.51. The molecule has 2 heterocycles. The second-order valence-electron chi connectivity index (χ2n) is 6.45. The first kappa shape index (κ1) is 16.7. The van der Waals surface area contributed by atoms with E-state index in [2.05, 4.69) is 27.4 Å². The Labute approximate surface area is 129 Å². The van der Waals surface area contributed by atoms with Crippen molar-refractivity contribution in [3.63, 3.8) is 0 Å². The average molecular weight is 296 g/mol. The molecule has 0 aliphatic carbocycles. The topological polar surface area (TPSA) is 47.6 Å². The van der Waals surface area contributed by atoms with Gasteiger partial charge in [0.15, 0.2) is 0 Å². The van der Waals surface area contributed by atoms with Gasteiger partial charge in [0.2, 0.25) is 5.91 Å². The van der Waals surface area contributed by atoms with Crippen LogP contribution in [-0.2, 0) is 4.79 Å². The van der Waals surface area contributed by atoms with Crippen LogP contribution < -0.4 is 10.6 Å². The number of piperidine rings is 1. The zero-order valence-corrected chi connectivity index (χ0v) is 13.7. The first-order valence-electron chi connectivity index (χ1n) is 8.62. The largest absolute Gasteiger partial charge is 0.358 e. The number of hydrogen-bond acceptors (Lipinski definition) is 4. The third-order valence-electron chi connectivity index (χ3n) is 4.97. The molecule has 2 aliphatic rings. The highest BCUT2D eigenvalue weighted by Gasteiger charge is 2.23. The van der Waals surface area contributed by atoms with Crippen molar-refractivity contribution >= 4 is 5.91 Å². The maximum atomic E-state index is 11.4. The summed E-state index contributed by atoms with van der Waals surface area (Å²) in [6.45, 7) is 8.58. The fourth-order valence-corrected chi connectivity index (χ4v) is 3.51. The van der Waals surface area contributed by atoms with E-state index in [1.165, 1.54) is 51.7 Å². The number of likely N-dealkylation sites (tertiary alicyclic amines) is 2. The first-order valence-corrected chi connectivity index (χ1v) is 8.62. The lowest BCUT2D eigenvalue weighted by molar-refractivity contribution is -0.122. The van der Waals surface area contributed by atoms with Crippen LogP contribution >= 0.6 is 0 Å². The maximum absolute atomic E-state index is 11.4. The lowest BCUT2D eigenvalue weighted by Crippen LogP contribution is -2.48. The standard InChI is InChI=1S/C16H32N4O/c1-3-19-9-4-5-14(6-10-19)18-15-7-11-20(12-8-15)13-16(21)17-2/h14-15,18H,3-13H2,1-2H3,(H,17,21). The molecule has 2 saturated heterocycles. The Bertz CT molecular complexity index is 315. The molecule has 0 bridgehead atoms. The molecule has 21 heavy (non-hydrogen) atoms. The van der Waals surface area contributed by atoms with Crippen LogP contribution in [0.5, 0.6) is 0 Å². The second kappa shape index (κ2) is 8.71. The van der Waals surface area contributed by atoms with Gasteiger partial charge in [-0.1, -0.05) is 6.92 Å². The van der Waals surface area contributed by atoms with E-state index < -0.39 is 0 Å². The number of nitrogens with one attached hydrogen (secondary N) is 2. The molecule has 2 rings (SSSR count). The molecule has 0 aromatic rings. The van der Waals surface area contributed by atoms with Crippen molar-refractivity contribution in [3.05, 3.63) is 0 Å². The molecule has 2 fully saturated rings. The van der Waals surface area contributed by atoms with E-state index in [-0.39, 0.29) is 5.91 Å². The molecule has 2 N–H and O–H groups in total. The minimum absolute atomic E-state index is 0.129. The zero-order valence-electron chi connectivity index (χ0n) is 13.7. The summed E-state index contributed by atoms with van der Waals surface area (Å²) in [6.07, 6.45) is 6.26. The Kier molecular flexibility index (Phi) is 6.93. The van der Waals surface area contributed by atoms with Crippen molar-refractivity contribution in [1.82, 2.24) is 20.4 Å². The van der Waals surface area contributed by atoms with Crippen LogP contribution in [0, 0.1) is 0 Å². The molecule has 5 nitrogen and oxygen atoms in total. The molecule has 0 spiro atoms. The van der Waals surface area contributed by atoms with Crippen LogP contribution in [0.25, 0.3) is 0 Å². The summed E-state index contributed by atoms with van der Waals surface area (Å²) in [6, 6.07) is 1.33. The maximum Gasteiger partial charge on any atom is 0.233 e. The van der Waals surface area contributed by atoms with Crippen LogP contribution in [0.2, 0.25) is 0 Å². The van der Waals surface area contributed by atoms with Crippen LogP contribution in [0.3, 0.4) is 0 Å². The van der Waals surface area contributed by atoms with Gasteiger partial charge >= 0.3 is 0 Å². The van der Waals surface area contributed by atoms with Crippen LogP contribution in [0.15, 0.2) is 0 Å². The summed E-state index contributed by atoms with van der Waals surface area (Å²) in [7, 11) is 1.71. The smallest absolute Gasteiger partial charge is 0.233 e. The minimum atomic E-state index is 0.129. The molecule has 5 heteroatoms. The number of amides is 1. The minimum Gasteiger partial charge on any atom is -0.358 e. The van der Waals surface area contributed by atoms with Crippen molar-refractivity contribution in [2.24, 2.45) is 0 Å². The molecular formula is C16H32N4O. The number of likely N-dealkylation sites (N-methyl/N-ethyl adjacent to an activating group) is 1. The van der Waals surface area contributed by atoms with Gasteiger partial charge < -0.3 is 15.5 Å². The lowest BCUT2D eigenvalue weighted by atomic mass is 10.0. The normalized spacial score (nSPS) is 26.5. The zero-order chi connectivity index (χ0) is 15.1. The third-order valence-corrected chi connectivity index (χ3v) is 4.97. The van der Waals surface area contributed by atoms with Crippen LogP contribution in [0.4, 0.5) is 0 Å². The third kappa shape index (κ3) is 5.57. The number of carbonyl (C=O) groups is 1. The first-order chi connectivity index (χ1) is 10.2. The highest BCUT2D eigenvalue weighted by Crippen LogP contribution is 2.15. The van der Waals surface area contributed by atoms with Crippen molar-refractivity contribution < 1.29 is 4.79 Å². The predicted octanol–water partition coefficient (Wildman–Crippen LogP) is 0.661. The van der Waals surface area contributed by atoms with Crippen molar-refractivity contribution in [2.45, 2.75) is 51.1 Å². The summed E-state index contributed by atoms with van der Waals surface area (Å²) in [5.74, 6) is 0.129. The van der Waals surface area contributed by atoms with Gasteiger partial charge in [0, 0.05) is 32.2 Å². The van der Waals surface area contributed by atoms with Gasteiger partial charge in [0.1, 0.15) is 0 Å². The lowest BCUT2D eigenvalue weighted by Gasteiger charge is -2.34. The van der Waals surface area contributed by atoms with Crippen LogP contribution in [-0.4, -0.2) is 74.1 Å². The molecule has 1 amide bonds. The molecule has 0 aromatic carbocycles. The Morgan fingerprint density at radius 1 is 1.00 bits per heavy atom. The van der Waals surface area contributed by atoms with E-state index in [1.54, 1.807) is 7.05 Å². The van der Waals surface area contributed by atoms with E-state index in [0.29, 0.717) is 18.6 Å². The number of carbonyl (C=O) groups excluding carboxylic acids is 1. The Morgan fingerprint density at radius 2 is 1.62 bits per heavy atom. The molecular weight excluding hydrogens is 264 g/mol. The van der Waals surface area contributed by atoms with Gasteiger partial charge in [-0.05, 0) is 51.7 Å². The van der Waals surface area contributed by atoms with E-state index in [4.69, 9.17) is 0 Å². The van der Waals surface area contributed by atoms with E-state index in [9.17, 15) is 4.79 Å². The molecule has 0 aromatic heterocycles. The summed E-state index contributed by atoms with van der Waals surface area (Å²) < 4.78 is 0. The van der Waals surface area contributed by atoms with E-state index in [0.717, 1.165) is 13.1 Å². The van der Waals surface area contributed by atoms with Gasteiger partial charge in [0.05, 0.1) is 6.54 Å². The highest BCUT2D eigenvalue weighted by atomic mass is 16.1. The Hall–Kier alpha value is -0.650. The van der Waals surface area contributed by atoms with Crippen molar-refractivity contribution in [1.29, 1.82) is 0 Å². The van der Waals surface area contributed by atoms with Gasteiger partial charge in [-0.3, -0.25) is 9.69 Å². The fraction of sp³-hybridized carbons (Fsp3) is 0.938. The molecule has 1 atom stereocenters. The monoisotopic (exact) mass is 296 g/mol. The highest BCUT2D eigenvalue weighted by molar-refractivity contribution is 5.77. The summed E-state index contributed by atoms with van der Waals surface area (Å²) in [4.78, 5) is 16.2. The number of hydrogen-bond donors (Lipinski definition) is 2. The van der Waals surface area contributed by atoms with Crippen molar-refractivity contribution in [3.8, 4) is 0 Å². The van der Waals surface area contributed by atoms with E-state index >= 15 is 0 Å².